The number of halogens is 3. The van der Waals surface area contributed by atoms with Crippen LogP contribution in [0.2, 0.25) is 0 Å². The smallest absolute Gasteiger partial charge is 0.347 e. The van der Waals surface area contributed by atoms with Crippen LogP contribution in [0.4, 0.5) is 18.9 Å². The van der Waals surface area contributed by atoms with Crippen LogP contribution in [0.25, 0.3) is 0 Å². The molecule has 2 aromatic rings. The molecule has 1 aromatic heterocycles. The van der Waals surface area contributed by atoms with Crippen LogP contribution >= 0.6 is 11.3 Å². The van der Waals surface area contributed by atoms with E-state index in [0.717, 1.165) is 17.7 Å². The average molecular weight is 370 g/mol. The van der Waals surface area contributed by atoms with Crippen molar-refractivity contribution >= 4 is 28.8 Å². The predicted octanol–water partition coefficient (Wildman–Crippen LogP) is 3.80. The van der Waals surface area contributed by atoms with Crippen LogP contribution < -0.4 is 10.6 Å². The van der Waals surface area contributed by atoms with E-state index in [0.29, 0.717) is 0 Å². The summed E-state index contributed by atoms with van der Waals surface area (Å²) in [5.41, 5.74) is -0.859. The van der Waals surface area contributed by atoms with Gasteiger partial charge in [0, 0.05) is 12.0 Å². The Kier molecular flexibility index (Phi) is 5.52. The molecule has 0 unspecified atom stereocenters. The molecule has 134 valence electrons. The van der Waals surface area contributed by atoms with Crippen molar-refractivity contribution in [2.24, 2.45) is 0 Å². The van der Waals surface area contributed by atoms with Crippen molar-refractivity contribution in [2.75, 3.05) is 11.9 Å². The van der Waals surface area contributed by atoms with Gasteiger partial charge in [-0.05, 0) is 34.5 Å². The maximum Gasteiger partial charge on any atom is 0.418 e. The van der Waals surface area contributed by atoms with Gasteiger partial charge >= 0.3 is 18.0 Å². The Morgan fingerprint density at radius 1 is 1.08 bits per heavy atom. The zero-order valence-electron chi connectivity index (χ0n) is 13.6. The van der Waals surface area contributed by atoms with E-state index >= 15 is 0 Å². The first-order valence-electron chi connectivity index (χ1n) is 7.39. The van der Waals surface area contributed by atoms with Crippen molar-refractivity contribution < 1.29 is 22.8 Å². The van der Waals surface area contributed by atoms with Gasteiger partial charge in [-0.3, -0.25) is 9.59 Å². The number of carbonyl (C=O) groups excluding carboxylic acids is 2. The van der Waals surface area contributed by atoms with E-state index in [-0.39, 0.29) is 6.54 Å². The van der Waals surface area contributed by atoms with Crippen LogP contribution in [0.15, 0.2) is 41.1 Å². The molecule has 25 heavy (non-hydrogen) atoms. The standard InChI is InChI=1S/C17H17F3N2O2S/c1-16(2,11-7-8-25-9-11)10-21-14(23)15(24)22-13-6-4-3-5-12(13)17(18,19)20/h3-9H,10H2,1-2H3,(H,21,23)(H,22,24). The van der Waals surface area contributed by atoms with Gasteiger partial charge in [-0.1, -0.05) is 26.0 Å². The van der Waals surface area contributed by atoms with Gasteiger partial charge in [-0.15, -0.1) is 0 Å². The summed E-state index contributed by atoms with van der Waals surface area (Å²) in [6.07, 6.45) is -4.62. The number of carbonyl (C=O) groups is 2. The summed E-state index contributed by atoms with van der Waals surface area (Å²) in [4.78, 5) is 23.8. The fourth-order valence-electron chi connectivity index (χ4n) is 2.15. The average Bonchev–Trinajstić information content (AvgIpc) is 3.07. The third-order valence-electron chi connectivity index (χ3n) is 3.68. The molecule has 2 amide bonds. The molecule has 0 radical (unpaired) electrons. The first kappa shape index (κ1) is 19.0. The van der Waals surface area contributed by atoms with Gasteiger partial charge in [0.1, 0.15) is 0 Å². The normalized spacial score (nSPS) is 11.9. The first-order valence-corrected chi connectivity index (χ1v) is 8.33. The number of amides is 2. The van der Waals surface area contributed by atoms with Crippen LogP contribution in [0, 0.1) is 0 Å². The van der Waals surface area contributed by atoms with Gasteiger partial charge in [0.05, 0.1) is 11.3 Å². The van der Waals surface area contributed by atoms with Crippen molar-refractivity contribution in [1.82, 2.24) is 5.32 Å². The summed E-state index contributed by atoms with van der Waals surface area (Å²) in [6, 6.07) is 6.41. The molecule has 0 aliphatic rings. The van der Waals surface area contributed by atoms with Gasteiger partial charge in [-0.25, -0.2) is 0 Å². The lowest BCUT2D eigenvalue weighted by atomic mass is 9.86. The van der Waals surface area contributed by atoms with Gasteiger partial charge in [0.15, 0.2) is 0 Å². The Balaban J connectivity index is 2.01. The van der Waals surface area contributed by atoms with Crippen LogP contribution in [0.5, 0.6) is 0 Å². The second kappa shape index (κ2) is 7.26. The van der Waals surface area contributed by atoms with Crippen molar-refractivity contribution in [3.8, 4) is 0 Å². The monoisotopic (exact) mass is 370 g/mol. The number of hydrogen-bond acceptors (Lipinski definition) is 3. The second-order valence-electron chi connectivity index (χ2n) is 6.08. The molecule has 0 bridgehead atoms. The minimum Gasteiger partial charge on any atom is -0.347 e. The van der Waals surface area contributed by atoms with Crippen molar-refractivity contribution in [1.29, 1.82) is 0 Å². The van der Waals surface area contributed by atoms with Crippen LogP contribution in [-0.4, -0.2) is 18.4 Å². The zero-order valence-corrected chi connectivity index (χ0v) is 14.4. The summed E-state index contributed by atoms with van der Waals surface area (Å²) < 4.78 is 38.7. The third-order valence-corrected chi connectivity index (χ3v) is 4.36. The molecular formula is C17H17F3N2O2S. The van der Waals surface area contributed by atoms with E-state index in [9.17, 15) is 22.8 Å². The number of thiophene rings is 1. The summed E-state index contributed by atoms with van der Waals surface area (Å²) in [6.45, 7) is 3.97. The number of rotatable bonds is 4. The topological polar surface area (TPSA) is 58.2 Å². The molecule has 1 aromatic carbocycles. The molecule has 0 aliphatic carbocycles. The number of alkyl halides is 3. The molecule has 4 nitrogen and oxygen atoms in total. The number of benzene rings is 1. The molecule has 8 heteroatoms. The lowest BCUT2D eigenvalue weighted by Crippen LogP contribution is -2.42. The van der Waals surface area contributed by atoms with E-state index < -0.39 is 34.7 Å². The highest BCUT2D eigenvalue weighted by Crippen LogP contribution is 2.34. The Bertz CT molecular complexity index is 756. The Morgan fingerprint density at radius 3 is 2.36 bits per heavy atom. The van der Waals surface area contributed by atoms with Gasteiger partial charge in [0.2, 0.25) is 0 Å². The van der Waals surface area contributed by atoms with Gasteiger partial charge in [0.25, 0.3) is 0 Å². The number of nitrogens with one attached hydrogen (secondary N) is 2. The third kappa shape index (κ3) is 4.82. The summed E-state index contributed by atoms with van der Waals surface area (Å²) >= 11 is 1.51. The molecule has 0 atom stereocenters. The first-order chi connectivity index (χ1) is 11.6. The minimum atomic E-state index is -4.62. The SMILES string of the molecule is CC(C)(CNC(=O)C(=O)Nc1ccccc1C(F)(F)F)c1ccsc1. The maximum absolute atomic E-state index is 12.9. The molecule has 0 spiro atoms. The van der Waals surface area contributed by atoms with Crippen LogP contribution in [-0.2, 0) is 21.2 Å². The molecule has 1 heterocycles. The van der Waals surface area contributed by atoms with Gasteiger partial charge < -0.3 is 10.6 Å². The maximum atomic E-state index is 12.9. The molecule has 0 aliphatic heterocycles. The largest absolute Gasteiger partial charge is 0.418 e. The molecule has 0 fully saturated rings. The lowest BCUT2D eigenvalue weighted by Gasteiger charge is -2.24. The molecule has 2 rings (SSSR count). The highest BCUT2D eigenvalue weighted by atomic mass is 32.1. The van der Waals surface area contributed by atoms with E-state index in [1.165, 1.54) is 23.5 Å². The van der Waals surface area contributed by atoms with Crippen molar-refractivity contribution in [2.45, 2.75) is 25.4 Å². The zero-order chi connectivity index (χ0) is 18.7. The highest BCUT2D eigenvalue weighted by molar-refractivity contribution is 7.08. The van der Waals surface area contributed by atoms with E-state index in [1.54, 1.807) is 0 Å². The van der Waals surface area contributed by atoms with E-state index in [4.69, 9.17) is 0 Å². The quantitative estimate of drug-likeness (QED) is 0.805. The van der Waals surface area contributed by atoms with E-state index in [1.807, 2.05) is 36.0 Å². The molecular weight excluding hydrogens is 353 g/mol. The minimum absolute atomic E-state index is 0.177. The fourth-order valence-corrected chi connectivity index (χ4v) is 3.00. The second-order valence-corrected chi connectivity index (χ2v) is 6.86. The summed E-state index contributed by atoms with van der Waals surface area (Å²) in [7, 11) is 0. The van der Waals surface area contributed by atoms with E-state index in [2.05, 4.69) is 5.32 Å². The summed E-state index contributed by atoms with van der Waals surface area (Å²) in [5, 5.41) is 8.32. The summed E-state index contributed by atoms with van der Waals surface area (Å²) in [5.74, 6) is -2.13. The van der Waals surface area contributed by atoms with Crippen LogP contribution in [0.1, 0.15) is 25.0 Å². The Hall–Kier alpha value is -2.35. The highest BCUT2D eigenvalue weighted by Gasteiger charge is 2.34. The van der Waals surface area contributed by atoms with Gasteiger partial charge in [-0.2, -0.15) is 24.5 Å². The Labute approximate surface area is 147 Å². The molecule has 0 saturated carbocycles. The molecule has 0 saturated heterocycles. The van der Waals surface area contributed by atoms with Crippen molar-refractivity contribution in [3.05, 3.63) is 52.2 Å². The van der Waals surface area contributed by atoms with Crippen molar-refractivity contribution in [3.63, 3.8) is 0 Å². The lowest BCUT2D eigenvalue weighted by molar-refractivity contribution is -0.138. The molecule has 2 N–H and O–H groups in total. The Morgan fingerprint density at radius 2 is 1.76 bits per heavy atom. The number of anilines is 1. The van der Waals surface area contributed by atoms with Crippen LogP contribution in [0.3, 0.4) is 0 Å². The predicted molar refractivity (Wildman–Crippen MR) is 90.4 cm³/mol. The fraction of sp³-hybridized carbons (Fsp3) is 0.294. The number of hydrogen-bond donors (Lipinski definition) is 2. The number of para-hydroxylation sites is 1.